The normalized spacial score (nSPS) is 26.9. The largest absolute Gasteiger partial charge is 0.493 e. The monoisotopic (exact) mass is 717 g/mol. The molecule has 1 aliphatic carbocycles. The molecule has 1 aromatic rings. The maximum Gasteiger partial charge on any atom is 0.339 e. The summed E-state index contributed by atoms with van der Waals surface area (Å²) in [6.07, 6.45) is -2.86. The smallest absolute Gasteiger partial charge is 0.339 e. The van der Waals surface area contributed by atoms with E-state index in [0.717, 1.165) is 56.3 Å². The molecular weight excluding hydrogens is 658 g/mol. The van der Waals surface area contributed by atoms with E-state index in [1.807, 2.05) is 6.07 Å². The van der Waals surface area contributed by atoms with Crippen LogP contribution >= 0.6 is 0 Å². The Morgan fingerprint density at radius 3 is 1.90 bits per heavy atom. The summed E-state index contributed by atoms with van der Waals surface area (Å²) < 4.78 is 42.1. The molecular formula is C39H59NO11. The fourth-order valence-electron chi connectivity index (χ4n) is 6.77. The van der Waals surface area contributed by atoms with E-state index in [9.17, 15) is 19.2 Å². The quantitative estimate of drug-likeness (QED) is 0.238. The van der Waals surface area contributed by atoms with E-state index < -0.39 is 70.8 Å². The van der Waals surface area contributed by atoms with Gasteiger partial charge in [-0.2, -0.15) is 0 Å². The van der Waals surface area contributed by atoms with Gasteiger partial charge in [-0.05, 0) is 125 Å². The van der Waals surface area contributed by atoms with Crippen molar-refractivity contribution in [2.45, 2.75) is 138 Å². The van der Waals surface area contributed by atoms with Crippen LogP contribution in [0.15, 0.2) is 12.1 Å². The summed E-state index contributed by atoms with van der Waals surface area (Å²) in [6, 6.07) is 4.30. The number of piperidine rings is 1. The van der Waals surface area contributed by atoms with Crippen molar-refractivity contribution < 1.29 is 52.3 Å². The Morgan fingerprint density at radius 1 is 0.804 bits per heavy atom. The Bertz CT molecular complexity index is 1430. The summed E-state index contributed by atoms with van der Waals surface area (Å²) in [7, 11) is 2.71. The second kappa shape index (κ2) is 15.7. The van der Waals surface area contributed by atoms with Crippen LogP contribution in [0.4, 0.5) is 0 Å². The molecule has 51 heavy (non-hydrogen) atoms. The predicted octanol–water partition coefficient (Wildman–Crippen LogP) is 5.43. The lowest BCUT2D eigenvalue weighted by atomic mass is 9.75. The molecule has 0 radical (unpaired) electrons. The zero-order chi connectivity index (χ0) is 38.1. The molecule has 0 saturated carbocycles. The first-order chi connectivity index (χ1) is 23.7. The molecule has 0 aromatic heterocycles. The van der Waals surface area contributed by atoms with Crippen LogP contribution in [0.25, 0.3) is 0 Å². The Labute approximate surface area is 303 Å². The van der Waals surface area contributed by atoms with Crippen LogP contribution in [0.2, 0.25) is 0 Å². The van der Waals surface area contributed by atoms with Crippen LogP contribution in [0.3, 0.4) is 0 Å². The third kappa shape index (κ3) is 9.17. The molecule has 2 aliphatic heterocycles. The first kappa shape index (κ1) is 40.4. The highest BCUT2D eigenvalue weighted by Crippen LogP contribution is 2.45. The van der Waals surface area contributed by atoms with Crippen molar-refractivity contribution in [2.24, 2.45) is 22.2 Å². The van der Waals surface area contributed by atoms with Gasteiger partial charge in [-0.25, -0.2) is 4.79 Å². The zero-order valence-electron chi connectivity index (χ0n) is 32.6. The molecule has 12 heteroatoms. The van der Waals surface area contributed by atoms with E-state index in [0.29, 0.717) is 23.5 Å². The van der Waals surface area contributed by atoms with Crippen LogP contribution in [-0.2, 0) is 55.7 Å². The van der Waals surface area contributed by atoms with Crippen molar-refractivity contribution in [1.82, 2.24) is 4.90 Å². The van der Waals surface area contributed by atoms with Gasteiger partial charge < -0.3 is 33.2 Å². The molecule has 4 rings (SSSR count). The highest BCUT2D eigenvalue weighted by atomic mass is 16.7. The lowest BCUT2D eigenvalue weighted by Gasteiger charge is -2.46. The van der Waals surface area contributed by atoms with Gasteiger partial charge >= 0.3 is 23.9 Å². The SMILES string of the molecule is CCCN1CCC[C@@H]2Cc3c(ccc(OC)c3O[C@@H]3O[C@H](C(=O)OC)[C@@H](OC(=O)C(C)(C)C)[C@H](OC(=O)C(C)(C)C)[C@H]3OC(=O)C(C)(C)C)C[C@H]21. The molecule has 2 heterocycles. The third-order valence-corrected chi connectivity index (χ3v) is 9.71. The molecule has 2 fully saturated rings. The summed E-state index contributed by atoms with van der Waals surface area (Å²) in [5.41, 5.74) is -0.978. The van der Waals surface area contributed by atoms with Gasteiger partial charge in [-0.1, -0.05) is 13.0 Å². The fourth-order valence-corrected chi connectivity index (χ4v) is 6.77. The van der Waals surface area contributed by atoms with E-state index in [-0.39, 0.29) is 0 Å². The summed E-state index contributed by atoms with van der Waals surface area (Å²) in [6.45, 7) is 19.3. The molecule has 0 bridgehead atoms. The Morgan fingerprint density at radius 2 is 1.37 bits per heavy atom. The Kier molecular flexibility index (Phi) is 12.4. The maximum atomic E-state index is 13.6. The second-order valence-electron chi connectivity index (χ2n) is 17.1. The van der Waals surface area contributed by atoms with Crippen molar-refractivity contribution in [3.05, 3.63) is 23.3 Å². The van der Waals surface area contributed by atoms with E-state index in [2.05, 4.69) is 17.9 Å². The Balaban J connectivity index is 1.87. The zero-order valence-corrected chi connectivity index (χ0v) is 32.6. The number of likely N-dealkylation sites (tertiary alicyclic amines) is 1. The molecule has 0 amide bonds. The van der Waals surface area contributed by atoms with Gasteiger partial charge in [0.05, 0.1) is 30.5 Å². The highest BCUT2D eigenvalue weighted by Gasteiger charge is 2.58. The van der Waals surface area contributed by atoms with Crippen molar-refractivity contribution >= 4 is 23.9 Å². The molecule has 0 unspecified atom stereocenters. The number of carbonyl (C=O) groups excluding carboxylic acids is 4. The Hall–Kier alpha value is -3.38. The standard InChI is InChI=1S/C39H59NO11/c1-13-18-40-19-14-15-23-20-24-22(21-25(23)40)16-17-26(45-11)27(24)47-33-31(51-36(44)39(8,9)10)29(50-35(43)38(5,6)7)28(30(48-33)32(41)46-12)49-34(42)37(2,3)4/h16-17,23,25,28-31,33H,13-15,18-21H2,1-12H3/t23-,25-,28+,29+,30+,31-,33-/m1/s1. The molecule has 0 spiro atoms. The average Bonchev–Trinajstić information content (AvgIpc) is 3.04. The topological polar surface area (TPSA) is 136 Å². The van der Waals surface area contributed by atoms with Crippen molar-refractivity contribution in [2.75, 3.05) is 27.3 Å². The molecule has 0 N–H and O–H groups in total. The van der Waals surface area contributed by atoms with Crippen LogP contribution in [-0.4, -0.2) is 92.8 Å². The van der Waals surface area contributed by atoms with Crippen molar-refractivity contribution in [3.63, 3.8) is 0 Å². The van der Waals surface area contributed by atoms with Gasteiger partial charge in [0, 0.05) is 11.6 Å². The number of fused-ring (bicyclic) bond motifs is 2. The summed E-state index contributed by atoms with van der Waals surface area (Å²) >= 11 is 0. The van der Waals surface area contributed by atoms with Crippen molar-refractivity contribution in [3.8, 4) is 11.5 Å². The van der Waals surface area contributed by atoms with Gasteiger partial charge in [0.1, 0.15) is 0 Å². The number of esters is 4. The molecule has 3 aliphatic rings. The van der Waals surface area contributed by atoms with E-state index in [1.165, 1.54) is 14.2 Å². The molecule has 1 aromatic carbocycles. The number of nitrogens with zero attached hydrogens (tertiary/aromatic N) is 1. The molecule has 2 saturated heterocycles. The van der Waals surface area contributed by atoms with Gasteiger partial charge in [0.15, 0.2) is 29.8 Å². The van der Waals surface area contributed by atoms with E-state index >= 15 is 0 Å². The van der Waals surface area contributed by atoms with Crippen LogP contribution in [0.1, 0.15) is 99.6 Å². The van der Waals surface area contributed by atoms with Gasteiger partial charge in [-0.15, -0.1) is 0 Å². The molecule has 286 valence electrons. The van der Waals surface area contributed by atoms with Crippen LogP contribution in [0, 0.1) is 22.2 Å². The number of carbonyl (C=O) groups is 4. The third-order valence-electron chi connectivity index (χ3n) is 9.71. The summed E-state index contributed by atoms with van der Waals surface area (Å²) in [5.74, 6) is -1.72. The lowest BCUT2D eigenvalue weighted by Crippen LogP contribution is -2.65. The molecule has 7 atom stereocenters. The minimum atomic E-state index is -1.61. The predicted molar refractivity (Wildman–Crippen MR) is 188 cm³/mol. The minimum Gasteiger partial charge on any atom is -0.493 e. The fraction of sp³-hybridized carbons (Fsp3) is 0.744. The first-order valence-corrected chi connectivity index (χ1v) is 18.2. The average molecular weight is 718 g/mol. The summed E-state index contributed by atoms with van der Waals surface area (Å²) in [5, 5.41) is 0. The number of benzene rings is 1. The number of hydrogen-bond acceptors (Lipinski definition) is 12. The lowest BCUT2D eigenvalue weighted by molar-refractivity contribution is -0.287. The number of hydrogen-bond donors (Lipinski definition) is 0. The van der Waals surface area contributed by atoms with E-state index in [1.54, 1.807) is 62.3 Å². The van der Waals surface area contributed by atoms with Crippen molar-refractivity contribution in [1.29, 1.82) is 0 Å². The van der Waals surface area contributed by atoms with Crippen LogP contribution in [0.5, 0.6) is 11.5 Å². The van der Waals surface area contributed by atoms with Gasteiger partial charge in [0.2, 0.25) is 12.4 Å². The van der Waals surface area contributed by atoms with Gasteiger partial charge in [0.25, 0.3) is 0 Å². The first-order valence-electron chi connectivity index (χ1n) is 18.2. The highest BCUT2D eigenvalue weighted by molar-refractivity contribution is 5.80. The maximum absolute atomic E-state index is 13.6. The minimum absolute atomic E-state index is 0.387. The number of rotatable bonds is 9. The van der Waals surface area contributed by atoms with Gasteiger partial charge in [-0.3, -0.25) is 19.3 Å². The molecule has 12 nitrogen and oxygen atoms in total. The van der Waals surface area contributed by atoms with Crippen LogP contribution < -0.4 is 9.47 Å². The summed E-state index contributed by atoms with van der Waals surface area (Å²) in [4.78, 5) is 56.6. The number of methoxy groups -OCH3 is 2. The second-order valence-corrected chi connectivity index (χ2v) is 17.1. The van der Waals surface area contributed by atoms with E-state index in [4.69, 9.17) is 33.2 Å². The number of ether oxygens (including phenoxy) is 7.